The van der Waals surface area contributed by atoms with Gasteiger partial charge in [0.15, 0.2) is 5.82 Å². The minimum atomic E-state index is -4.46. The van der Waals surface area contributed by atoms with Crippen molar-refractivity contribution in [2.45, 2.75) is 12.7 Å². The van der Waals surface area contributed by atoms with E-state index in [0.717, 1.165) is 11.6 Å². The molecule has 0 amide bonds. The molecule has 0 aliphatic heterocycles. The summed E-state index contributed by atoms with van der Waals surface area (Å²) in [6.45, 7) is 0.305. The van der Waals surface area contributed by atoms with Gasteiger partial charge in [-0.3, -0.25) is 4.98 Å². The third-order valence-electron chi connectivity index (χ3n) is 4.27. The Kier molecular flexibility index (Phi) is 5.48. The molecule has 0 spiro atoms. The summed E-state index contributed by atoms with van der Waals surface area (Å²) in [6, 6.07) is 9.79. The Morgan fingerprint density at radius 2 is 2.00 bits per heavy atom. The first-order valence-corrected chi connectivity index (χ1v) is 9.90. The standard InChI is InChI=1S/C20H14ClF3N4OS/c1-29-15-5-4-11(7-14(15)21)9-26-18-13-8-16(20(22,23)24)30-19(13)28-17(27-18)12-3-2-6-25-10-12/h2-8,10H,9H2,1H3,(H,26,27,28). The van der Waals surface area contributed by atoms with Crippen LogP contribution in [0.2, 0.25) is 5.02 Å². The average molecular weight is 451 g/mol. The molecule has 154 valence electrons. The second kappa shape index (κ2) is 8.08. The molecule has 3 heterocycles. The van der Waals surface area contributed by atoms with Gasteiger partial charge in [-0.2, -0.15) is 13.2 Å². The van der Waals surface area contributed by atoms with E-state index in [-0.39, 0.29) is 4.83 Å². The van der Waals surface area contributed by atoms with Crippen molar-refractivity contribution in [3.05, 3.63) is 64.3 Å². The number of pyridine rings is 1. The molecule has 0 fully saturated rings. The number of hydrogen-bond donors (Lipinski definition) is 1. The van der Waals surface area contributed by atoms with E-state index in [4.69, 9.17) is 16.3 Å². The van der Waals surface area contributed by atoms with Gasteiger partial charge in [-0.05, 0) is 35.9 Å². The van der Waals surface area contributed by atoms with E-state index >= 15 is 0 Å². The van der Waals surface area contributed by atoms with Crippen LogP contribution in [0.25, 0.3) is 21.6 Å². The maximum atomic E-state index is 13.3. The van der Waals surface area contributed by atoms with E-state index < -0.39 is 11.1 Å². The van der Waals surface area contributed by atoms with Crippen molar-refractivity contribution in [3.8, 4) is 17.1 Å². The normalized spacial score (nSPS) is 11.6. The lowest BCUT2D eigenvalue weighted by Crippen LogP contribution is -2.04. The first-order valence-electron chi connectivity index (χ1n) is 8.70. The number of alkyl halides is 3. The minimum absolute atomic E-state index is 0.242. The molecule has 0 radical (unpaired) electrons. The summed E-state index contributed by atoms with van der Waals surface area (Å²) in [5, 5.41) is 3.86. The van der Waals surface area contributed by atoms with Gasteiger partial charge >= 0.3 is 6.18 Å². The number of methoxy groups -OCH3 is 1. The molecule has 1 aromatic carbocycles. The molecule has 0 atom stereocenters. The quantitative estimate of drug-likeness (QED) is 0.401. The first-order chi connectivity index (χ1) is 14.3. The molecule has 0 saturated heterocycles. The molecular weight excluding hydrogens is 437 g/mol. The highest BCUT2D eigenvalue weighted by Gasteiger charge is 2.33. The van der Waals surface area contributed by atoms with Crippen molar-refractivity contribution in [1.29, 1.82) is 0 Å². The van der Waals surface area contributed by atoms with Gasteiger partial charge in [-0.1, -0.05) is 17.7 Å². The average Bonchev–Trinajstić information content (AvgIpc) is 3.18. The summed E-state index contributed by atoms with van der Waals surface area (Å²) in [6.07, 6.45) is -1.30. The van der Waals surface area contributed by atoms with Gasteiger partial charge in [0, 0.05) is 24.5 Å². The maximum absolute atomic E-state index is 13.3. The van der Waals surface area contributed by atoms with Crippen molar-refractivity contribution in [1.82, 2.24) is 15.0 Å². The molecule has 1 N–H and O–H groups in total. The zero-order valence-corrected chi connectivity index (χ0v) is 17.1. The van der Waals surface area contributed by atoms with Crippen molar-refractivity contribution < 1.29 is 17.9 Å². The predicted octanol–water partition coefficient (Wildman–Crippen LogP) is 6.05. The SMILES string of the molecule is COc1ccc(CNc2nc(-c3cccnc3)nc3sc(C(F)(F)F)cc23)cc1Cl. The molecule has 0 aliphatic carbocycles. The smallest absolute Gasteiger partial charge is 0.425 e. The van der Waals surface area contributed by atoms with Gasteiger partial charge in [-0.25, -0.2) is 9.97 Å². The van der Waals surface area contributed by atoms with Crippen LogP contribution >= 0.6 is 22.9 Å². The van der Waals surface area contributed by atoms with Crippen molar-refractivity contribution in [2.75, 3.05) is 12.4 Å². The fourth-order valence-corrected chi connectivity index (χ4v) is 4.00. The second-order valence-corrected chi connectivity index (χ2v) is 7.73. The van der Waals surface area contributed by atoms with Crippen LogP contribution in [0.4, 0.5) is 19.0 Å². The molecule has 0 unspecified atom stereocenters. The first kappa shape index (κ1) is 20.4. The molecule has 0 aliphatic rings. The number of nitrogens with zero attached hydrogens (tertiary/aromatic N) is 3. The number of benzene rings is 1. The molecule has 4 rings (SSSR count). The van der Waals surface area contributed by atoms with Crippen LogP contribution < -0.4 is 10.1 Å². The highest BCUT2D eigenvalue weighted by atomic mass is 35.5. The number of aromatic nitrogens is 3. The van der Waals surface area contributed by atoms with Crippen LogP contribution in [0, 0.1) is 0 Å². The van der Waals surface area contributed by atoms with E-state index in [1.165, 1.54) is 7.11 Å². The summed E-state index contributed by atoms with van der Waals surface area (Å²) < 4.78 is 44.9. The zero-order chi connectivity index (χ0) is 21.3. The van der Waals surface area contributed by atoms with E-state index in [1.54, 1.807) is 36.7 Å². The van der Waals surface area contributed by atoms with Gasteiger partial charge in [-0.15, -0.1) is 11.3 Å². The number of halogens is 4. The number of hydrogen-bond acceptors (Lipinski definition) is 6. The summed E-state index contributed by atoms with van der Waals surface area (Å²) in [5.74, 6) is 1.13. The van der Waals surface area contributed by atoms with Gasteiger partial charge in [0.05, 0.1) is 17.5 Å². The van der Waals surface area contributed by atoms with Crippen LogP contribution in [-0.4, -0.2) is 22.1 Å². The van der Waals surface area contributed by atoms with Gasteiger partial charge < -0.3 is 10.1 Å². The van der Waals surface area contributed by atoms with Crippen LogP contribution in [0.15, 0.2) is 48.8 Å². The highest BCUT2D eigenvalue weighted by molar-refractivity contribution is 7.18. The molecular formula is C20H14ClF3N4OS. The highest BCUT2D eigenvalue weighted by Crippen LogP contribution is 2.40. The molecule has 3 aromatic heterocycles. The van der Waals surface area contributed by atoms with Gasteiger partial charge in [0.2, 0.25) is 0 Å². The van der Waals surface area contributed by atoms with Crippen molar-refractivity contribution >= 4 is 39.0 Å². The van der Waals surface area contributed by atoms with Crippen LogP contribution in [-0.2, 0) is 12.7 Å². The number of thiophene rings is 1. The maximum Gasteiger partial charge on any atom is 0.425 e. The molecule has 0 bridgehead atoms. The largest absolute Gasteiger partial charge is 0.495 e. The molecule has 30 heavy (non-hydrogen) atoms. The Morgan fingerprint density at radius 3 is 2.67 bits per heavy atom. The fraction of sp³-hybridized carbons (Fsp3) is 0.150. The minimum Gasteiger partial charge on any atom is -0.495 e. The lowest BCUT2D eigenvalue weighted by Gasteiger charge is -2.10. The van der Waals surface area contributed by atoms with E-state index in [0.29, 0.717) is 51.2 Å². The number of fused-ring (bicyclic) bond motifs is 1. The Balaban J connectivity index is 1.74. The summed E-state index contributed by atoms with van der Waals surface area (Å²) in [4.78, 5) is 12.3. The summed E-state index contributed by atoms with van der Waals surface area (Å²) in [5.41, 5.74) is 1.43. The van der Waals surface area contributed by atoms with Crippen LogP contribution in [0.3, 0.4) is 0 Å². The Hall–Kier alpha value is -2.91. The molecule has 0 saturated carbocycles. The topological polar surface area (TPSA) is 59.9 Å². The fourth-order valence-electron chi connectivity index (χ4n) is 2.83. The van der Waals surface area contributed by atoms with E-state index in [2.05, 4.69) is 20.3 Å². The van der Waals surface area contributed by atoms with Crippen molar-refractivity contribution in [3.63, 3.8) is 0 Å². The van der Waals surface area contributed by atoms with E-state index in [9.17, 15) is 13.2 Å². The third kappa shape index (κ3) is 4.17. The van der Waals surface area contributed by atoms with Crippen LogP contribution in [0.5, 0.6) is 5.75 Å². The monoisotopic (exact) mass is 450 g/mol. The number of ether oxygens (including phenoxy) is 1. The predicted molar refractivity (Wildman–Crippen MR) is 111 cm³/mol. The number of anilines is 1. The summed E-state index contributed by atoms with van der Waals surface area (Å²) >= 11 is 6.74. The lowest BCUT2D eigenvalue weighted by atomic mass is 10.2. The van der Waals surface area contributed by atoms with Crippen molar-refractivity contribution in [2.24, 2.45) is 0 Å². The Morgan fingerprint density at radius 1 is 1.17 bits per heavy atom. The number of rotatable bonds is 5. The Bertz CT molecular complexity index is 1200. The van der Waals surface area contributed by atoms with Gasteiger partial charge in [0.1, 0.15) is 21.3 Å². The molecule has 4 aromatic rings. The Labute approximate surface area is 178 Å². The zero-order valence-electron chi connectivity index (χ0n) is 15.5. The van der Waals surface area contributed by atoms with Crippen LogP contribution in [0.1, 0.15) is 10.4 Å². The molecule has 10 heteroatoms. The van der Waals surface area contributed by atoms with Gasteiger partial charge in [0.25, 0.3) is 0 Å². The molecule has 5 nitrogen and oxygen atoms in total. The summed E-state index contributed by atoms with van der Waals surface area (Å²) in [7, 11) is 1.52. The van der Waals surface area contributed by atoms with E-state index in [1.807, 2.05) is 6.07 Å². The second-order valence-electron chi connectivity index (χ2n) is 6.29. The number of nitrogens with one attached hydrogen (secondary N) is 1. The lowest BCUT2D eigenvalue weighted by molar-refractivity contribution is -0.134. The third-order valence-corrected chi connectivity index (χ3v) is 5.64.